The molecule has 0 unspecified atom stereocenters. The van der Waals surface area contributed by atoms with Crippen molar-refractivity contribution >= 4 is 11.5 Å². The first kappa shape index (κ1) is 11.0. The monoisotopic (exact) mass is 226 g/mol. The highest BCUT2D eigenvalue weighted by molar-refractivity contribution is 6.02. The van der Waals surface area contributed by atoms with Crippen LogP contribution in [0.25, 0.3) is 11.1 Å². The molecule has 0 heterocycles. The Hall–Kier alpha value is -2.49. The van der Waals surface area contributed by atoms with Gasteiger partial charge < -0.3 is 17.3 Å². The van der Waals surface area contributed by atoms with Crippen molar-refractivity contribution in [1.82, 2.24) is 0 Å². The van der Waals surface area contributed by atoms with Crippen molar-refractivity contribution in [1.29, 1.82) is 0 Å². The molecule has 4 heteroatoms. The van der Waals surface area contributed by atoms with Crippen LogP contribution < -0.4 is 17.3 Å². The second-order valence-electron chi connectivity index (χ2n) is 3.68. The molecule has 0 aliphatic carbocycles. The number of hydrogen-bond acceptors (Lipinski definition) is 3. The van der Waals surface area contributed by atoms with E-state index in [0.29, 0.717) is 11.3 Å². The lowest BCUT2D eigenvalue weighted by atomic mass is 10.0. The molecule has 4 nitrogen and oxygen atoms in total. The lowest BCUT2D eigenvalue weighted by molar-refractivity contribution is 1.23. The van der Waals surface area contributed by atoms with Crippen LogP contribution in [-0.4, -0.2) is 5.84 Å². The average Bonchev–Trinajstić information content (AvgIpc) is 2.39. The van der Waals surface area contributed by atoms with Gasteiger partial charge >= 0.3 is 0 Å². The maximum absolute atomic E-state index is 5.92. The maximum atomic E-state index is 5.92. The minimum Gasteiger partial charge on any atom is -0.398 e. The summed E-state index contributed by atoms with van der Waals surface area (Å²) in [6.07, 6.45) is 0. The Balaban J connectivity index is 2.45. The van der Waals surface area contributed by atoms with Gasteiger partial charge in [-0.2, -0.15) is 5.10 Å². The molecular weight excluding hydrogens is 212 g/mol. The summed E-state index contributed by atoms with van der Waals surface area (Å²) in [7, 11) is 0. The summed E-state index contributed by atoms with van der Waals surface area (Å²) in [5, 5.41) is 3.44. The van der Waals surface area contributed by atoms with Gasteiger partial charge in [0, 0.05) is 11.3 Å². The number of nitrogen functional groups attached to an aromatic ring is 1. The zero-order valence-electron chi connectivity index (χ0n) is 9.30. The van der Waals surface area contributed by atoms with Gasteiger partial charge in [-0.1, -0.05) is 36.4 Å². The first-order chi connectivity index (χ1) is 8.22. The van der Waals surface area contributed by atoms with Crippen molar-refractivity contribution in [2.24, 2.45) is 16.7 Å². The van der Waals surface area contributed by atoms with Crippen molar-refractivity contribution in [3.8, 4) is 11.1 Å². The van der Waals surface area contributed by atoms with E-state index in [4.69, 9.17) is 17.3 Å². The molecule has 0 spiro atoms. The van der Waals surface area contributed by atoms with E-state index in [1.807, 2.05) is 48.5 Å². The minimum absolute atomic E-state index is 0.238. The molecule has 2 aromatic carbocycles. The minimum atomic E-state index is 0.238. The first-order valence-corrected chi connectivity index (χ1v) is 5.21. The Morgan fingerprint density at radius 3 is 2.24 bits per heavy atom. The summed E-state index contributed by atoms with van der Waals surface area (Å²) < 4.78 is 0. The lowest BCUT2D eigenvalue weighted by Gasteiger charge is -2.07. The highest BCUT2D eigenvalue weighted by atomic mass is 15.2. The molecule has 0 saturated carbocycles. The van der Waals surface area contributed by atoms with E-state index < -0.39 is 0 Å². The smallest absolute Gasteiger partial charge is 0.152 e. The number of anilines is 1. The fourth-order valence-electron chi connectivity index (χ4n) is 1.68. The third kappa shape index (κ3) is 2.20. The fraction of sp³-hybridized carbons (Fsp3) is 0. The molecule has 0 amide bonds. The van der Waals surface area contributed by atoms with Crippen LogP contribution >= 0.6 is 0 Å². The molecular formula is C13H14N4. The Morgan fingerprint density at radius 1 is 0.941 bits per heavy atom. The standard InChI is InChI=1S/C13H14N4/c14-12-8-10(9-4-2-1-3-5-9)6-7-11(12)13(15)17-16/h1-8H,14,16H2,(H2,15,17). The van der Waals surface area contributed by atoms with Gasteiger partial charge in [-0.3, -0.25) is 0 Å². The molecule has 6 N–H and O–H groups in total. The van der Waals surface area contributed by atoms with Crippen LogP contribution in [-0.2, 0) is 0 Å². The molecule has 86 valence electrons. The Kier molecular flexibility index (Phi) is 2.96. The fourth-order valence-corrected chi connectivity index (χ4v) is 1.68. The number of hydrogen-bond donors (Lipinski definition) is 3. The number of nitrogens with two attached hydrogens (primary N) is 3. The van der Waals surface area contributed by atoms with Crippen LogP contribution in [0.3, 0.4) is 0 Å². The van der Waals surface area contributed by atoms with Crippen LogP contribution in [0, 0.1) is 0 Å². The van der Waals surface area contributed by atoms with E-state index in [0.717, 1.165) is 11.1 Å². The van der Waals surface area contributed by atoms with Gasteiger partial charge in [-0.15, -0.1) is 0 Å². The summed E-state index contributed by atoms with van der Waals surface area (Å²) in [5.74, 6) is 5.37. The Morgan fingerprint density at radius 2 is 1.65 bits per heavy atom. The van der Waals surface area contributed by atoms with E-state index in [1.165, 1.54) is 0 Å². The second kappa shape index (κ2) is 4.57. The van der Waals surface area contributed by atoms with Crippen LogP contribution in [0.15, 0.2) is 53.6 Å². The van der Waals surface area contributed by atoms with Gasteiger partial charge in [0.1, 0.15) is 0 Å². The van der Waals surface area contributed by atoms with Gasteiger partial charge in [0.25, 0.3) is 0 Å². The first-order valence-electron chi connectivity index (χ1n) is 5.21. The number of nitrogens with zero attached hydrogens (tertiary/aromatic N) is 1. The van der Waals surface area contributed by atoms with Crippen molar-refractivity contribution in [2.75, 3.05) is 5.73 Å². The molecule has 0 fully saturated rings. The molecule has 0 atom stereocenters. The van der Waals surface area contributed by atoms with Crippen LogP contribution in [0.5, 0.6) is 0 Å². The highest BCUT2D eigenvalue weighted by Crippen LogP contribution is 2.23. The Labute approximate surface area is 99.7 Å². The third-order valence-corrected chi connectivity index (χ3v) is 2.57. The number of rotatable bonds is 2. The largest absolute Gasteiger partial charge is 0.398 e. The van der Waals surface area contributed by atoms with Crippen molar-refractivity contribution in [3.63, 3.8) is 0 Å². The van der Waals surface area contributed by atoms with E-state index in [2.05, 4.69) is 5.10 Å². The average molecular weight is 226 g/mol. The summed E-state index contributed by atoms with van der Waals surface area (Å²) in [6.45, 7) is 0. The summed E-state index contributed by atoms with van der Waals surface area (Å²) >= 11 is 0. The topological polar surface area (TPSA) is 90.4 Å². The molecule has 0 aromatic heterocycles. The number of benzene rings is 2. The molecule has 17 heavy (non-hydrogen) atoms. The number of amidine groups is 1. The predicted molar refractivity (Wildman–Crippen MR) is 71.2 cm³/mol. The number of hydrazone groups is 1. The van der Waals surface area contributed by atoms with E-state index in [1.54, 1.807) is 0 Å². The van der Waals surface area contributed by atoms with Crippen molar-refractivity contribution in [2.45, 2.75) is 0 Å². The van der Waals surface area contributed by atoms with E-state index in [9.17, 15) is 0 Å². The summed E-state index contributed by atoms with van der Waals surface area (Å²) in [4.78, 5) is 0. The normalized spacial score (nSPS) is 11.4. The zero-order valence-corrected chi connectivity index (χ0v) is 9.30. The molecule has 0 aliphatic heterocycles. The quantitative estimate of drug-likeness (QED) is 0.238. The molecule has 0 saturated heterocycles. The van der Waals surface area contributed by atoms with Gasteiger partial charge in [-0.05, 0) is 23.3 Å². The summed E-state index contributed by atoms with van der Waals surface area (Å²) in [5.41, 5.74) is 14.9. The van der Waals surface area contributed by atoms with Gasteiger partial charge in [-0.25, -0.2) is 0 Å². The molecule has 0 bridgehead atoms. The van der Waals surface area contributed by atoms with Crippen molar-refractivity contribution < 1.29 is 0 Å². The van der Waals surface area contributed by atoms with Gasteiger partial charge in [0.05, 0.1) is 0 Å². The zero-order chi connectivity index (χ0) is 12.3. The lowest BCUT2D eigenvalue weighted by Crippen LogP contribution is -2.17. The summed E-state index contributed by atoms with van der Waals surface area (Å²) in [6, 6.07) is 15.6. The van der Waals surface area contributed by atoms with Gasteiger partial charge in [0.2, 0.25) is 0 Å². The predicted octanol–water partition coefficient (Wildman–Crippen LogP) is 1.51. The van der Waals surface area contributed by atoms with E-state index in [-0.39, 0.29) is 5.84 Å². The van der Waals surface area contributed by atoms with Crippen LogP contribution in [0.1, 0.15) is 5.56 Å². The molecule has 0 aliphatic rings. The van der Waals surface area contributed by atoms with Crippen LogP contribution in [0.4, 0.5) is 5.69 Å². The SMILES string of the molecule is N/N=C(\N)c1ccc(-c2ccccc2)cc1N. The maximum Gasteiger partial charge on any atom is 0.152 e. The molecule has 2 aromatic rings. The van der Waals surface area contributed by atoms with Crippen molar-refractivity contribution in [3.05, 3.63) is 54.1 Å². The van der Waals surface area contributed by atoms with E-state index >= 15 is 0 Å². The molecule has 2 rings (SSSR count). The third-order valence-electron chi connectivity index (χ3n) is 2.57. The van der Waals surface area contributed by atoms with Gasteiger partial charge in [0.15, 0.2) is 5.84 Å². The Bertz CT molecular complexity index is 547. The second-order valence-corrected chi connectivity index (χ2v) is 3.68. The van der Waals surface area contributed by atoms with Crippen LogP contribution in [0.2, 0.25) is 0 Å². The molecule has 0 radical (unpaired) electrons. The highest BCUT2D eigenvalue weighted by Gasteiger charge is 2.05.